The quantitative estimate of drug-likeness (QED) is 0.705. The van der Waals surface area contributed by atoms with E-state index >= 15 is 0 Å². The van der Waals surface area contributed by atoms with Gasteiger partial charge in [0.05, 0.1) is 5.02 Å². The lowest BCUT2D eigenvalue weighted by Gasteiger charge is -1.97. The number of nitrogens with zero attached hydrogens (tertiary/aromatic N) is 3. The van der Waals surface area contributed by atoms with Crippen molar-refractivity contribution < 1.29 is 0 Å². The number of halogens is 1. The van der Waals surface area contributed by atoms with Gasteiger partial charge in [-0.25, -0.2) is 9.50 Å². The van der Waals surface area contributed by atoms with Crippen LogP contribution in [0.1, 0.15) is 17.0 Å². The Kier molecular flexibility index (Phi) is 2.76. The van der Waals surface area contributed by atoms with Crippen LogP contribution in [0.2, 0.25) is 5.02 Å². The summed E-state index contributed by atoms with van der Waals surface area (Å²) >= 11 is 6.07. The third kappa shape index (κ3) is 2.09. The fourth-order valence-electron chi connectivity index (χ4n) is 1.88. The van der Waals surface area contributed by atoms with Crippen LogP contribution in [-0.4, -0.2) is 14.6 Å². The summed E-state index contributed by atoms with van der Waals surface area (Å²) in [7, 11) is 0. The second kappa shape index (κ2) is 4.42. The molecule has 3 nitrogen and oxygen atoms in total. The molecule has 0 aliphatic rings. The van der Waals surface area contributed by atoms with Crippen molar-refractivity contribution >= 4 is 17.2 Å². The average Bonchev–Trinajstić information content (AvgIpc) is 2.76. The van der Waals surface area contributed by atoms with E-state index in [1.54, 1.807) is 4.52 Å². The first kappa shape index (κ1) is 11.2. The van der Waals surface area contributed by atoms with Gasteiger partial charge in [0, 0.05) is 12.6 Å². The molecule has 18 heavy (non-hydrogen) atoms. The molecule has 0 saturated carbocycles. The predicted molar refractivity (Wildman–Crippen MR) is 72.0 cm³/mol. The highest BCUT2D eigenvalue weighted by molar-refractivity contribution is 6.33. The fourth-order valence-corrected chi connectivity index (χ4v) is 2.08. The molecule has 0 saturated heterocycles. The zero-order chi connectivity index (χ0) is 12.5. The molecule has 0 atom stereocenters. The topological polar surface area (TPSA) is 30.2 Å². The van der Waals surface area contributed by atoms with Gasteiger partial charge in [0.15, 0.2) is 11.5 Å². The zero-order valence-electron chi connectivity index (χ0n) is 9.97. The lowest BCUT2D eigenvalue weighted by Crippen LogP contribution is -1.92. The van der Waals surface area contributed by atoms with Crippen molar-refractivity contribution in [3.05, 3.63) is 64.6 Å². The number of rotatable bonds is 2. The van der Waals surface area contributed by atoms with Crippen molar-refractivity contribution in [2.24, 2.45) is 0 Å². The Morgan fingerprint density at radius 1 is 1.17 bits per heavy atom. The van der Waals surface area contributed by atoms with Crippen LogP contribution >= 0.6 is 11.6 Å². The Hall–Kier alpha value is -1.87. The number of aromatic nitrogens is 3. The normalized spacial score (nSPS) is 11.0. The second-order valence-electron chi connectivity index (χ2n) is 4.31. The van der Waals surface area contributed by atoms with Crippen molar-refractivity contribution in [1.29, 1.82) is 0 Å². The third-order valence-electron chi connectivity index (χ3n) is 2.84. The van der Waals surface area contributed by atoms with E-state index in [0.717, 1.165) is 12.2 Å². The van der Waals surface area contributed by atoms with Gasteiger partial charge < -0.3 is 0 Å². The second-order valence-corrected chi connectivity index (χ2v) is 4.72. The Bertz CT molecular complexity index is 686. The molecule has 0 aliphatic heterocycles. The summed E-state index contributed by atoms with van der Waals surface area (Å²) in [5.41, 5.74) is 3.17. The largest absolute Gasteiger partial charge is 0.219 e. The molecule has 0 bridgehead atoms. The summed E-state index contributed by atoms with van der Waals surface area (Å²) in [6.45, 7) is 2.08. The number of benzene rings is 1. The molecule has 3 rings (SSSR count). The standard InChI is InChI=1S/C14H12ClN3/c1-10-4-6-11(7-5-10)9-13-16-14-12(15)3-2-8-18(14)17-13/h2-8H,9H2,1H3. The summed E-state index contributed by atoms with van der Waals surface area (Å²) in [4.78, 5) is 4.45. The monoisotopic (exact) mass is 257 g/mol. The molecule has 0 radical (unpaired) electrons. The molecule has 0 N–H and O–H groups in total. The van der Waals surface area contributed by atoms with Crippen LogP contribution in [0, 0.1) is 6.92 Å². The van der Waals surface area contributed by atoms with Crippen molar-refractivity contribution in [3.8, 4) is 0 Å². The minimum absolute atomic E-state index is 0.625. The molecule has 3 aromatic rings. The number of hydrogen-bond acceptors (Lipinski definition) is 2. The van der Waals surface area contributed by atoms with Gasteiger partial charge >= 0.3 is 0 Å². The van der Waals surface area contributed by atoms with Gasteiger partial charge in [-0.1, -0.05) is 41.4 Å². The fraction of sp³-hybridized carbons (Fsp3) is 0.143. The van der Waals surface area contributed by atoms with Crippen molar-refractivity contribution in [2.45, 2.75) is 13.3 Å². The first-order chi connectivity index (χ1) is 8.72. The minimum atomic E-state index is 0.625. The van der Waals surface area contributed by atoms with Gasteiger partial charge in [-0.2, -0.15) is 5.10 Å². The van der Waals surface area contributed by atoms with E-state index in [2.05, 4.69) is 41.3 Å². The van der Waals surface area contributed by atoms with E-state index in [4.69, 9.17) is 11.6 Å². The molecule has 0 unspecified atom stereocenters. The molecule has 0 spiro atoms. The Morgan fingerprint density at radius 2 is 1.94 bits per heavy atom. The maximum absolute atomic E-state index is 6.07. The molecule has 2 heterocycles. The zero-order valence-corrected chi connectivity index (χ0v) is 10.7. The lowest BCUT2D eigenvalue weighted by atomic mass is 10.1. The van der Waals surface area contributed by atoms with Gasteiger partial charge in [-0.3, -0.25) is 0 Å². The molecule has 4 heteroatoms. The smallest absolute Gasteiger partial charge is 0.174 e. The van der Waals surface area contributed by atoms with Crippen LogP contribution < -0.4 is 0 Å². The SMILES string of the molecule is Cc1ccc(Cc2nc3c(Cl)cccn3n2)cc1. The van der Waals surface area contributed by atoms with E-state index in [-0.39, 0.29) is 0 Å². The van der Waals surface area contributed by atoms with Gasteiger partial charge in [0.25, 0.3) is 0 Å². The van der Waals surface area contributed by atoms with Gasteiger partial charge in [0.1, 0.15) is 0 Å². The van der Waals surface area contributed by atoms with Crippen molar-refractivity contribution in [2.75, 3.05) is 0 Å². The molecule has 0 fully saturated rings. The predicted octanol–water partition coefficient (Wildman–Crippen LogP) is 3.28. The molecular formula is C14H12ClN3. The third-order valence-corrected chi connectivity index (χ3v) is 3.14. The first-order valence-electron chi connectivity index (χ1n) is 5.78. The minimum Gasteiger partial charge on any atom is -0.219 e. The maximum Gasteiger partial charge on any atom is 0.174 e. The average molecular weight is 258 g/mol. The van der Waals surface area contributed by atoms with Crippen LogP contribution in [0.4, 0.5) is 0 Å². The van der Waals surface area contributed by atoms with E-state index < -0.39 is 0 Å². The van der Waals surface area contributed by atoms with Crippen molar-refractivity contribution in [1.82, 2.24) is 14.6 Å². The maximum atomic E-state index is 6.07. The number of fused-ring (bicyclic) bond motifs is 1. The van der Waals surface area contributed by atoms with E-state index in [9.17, 15) is 0 Å². The summed E-state index contributed by atoms with van der Waals surface area (Å²) in [6.07, 6.45) is 2.57. The van der Waals surface area contributed by atoms with E-state index in [0.29, 0.717) is 10.7 Å². The number of hydrogen-bond donors (Lipinski definition) is 0. The van der Waals surface area contributed by atoms with Crippen LogP contribution in [0.25, 0.3) is 5.65 Å². The molecule has 0 amide bonds. The van der Waals surface area contributed by atoms with E-state index in [1.807, 2.05) is 18.3 Å². The van der Waals surface area contributed by atoms with Crippen LogP contribution in [-0.2, 0) is 6.42 Å². The summed E-state index contributed by atoms with van der Waals surface area (Å²) in [5.74, 6) is 0.784. The molecule has 90 valence electrons. The molecular weight excluding hydrogens is 246 g/mol. The Morgan fingerprint density at radius 3 is 2.67 bits per heavy atom. The number of pyridine rings is 1. The Labute approximate surface area is 110 Å². The summed E-state index contributed by atoms with van der Waals surface area (Å²) in [6, 6.07) is 12.1. The molecule has 1 aromatic carbocycles. The Balaban J connectivity index is 1.95. The van der Waals surface area contributed by atoms with Crippen LogP contribution in [0.15, 0.2) is 42.6 Å². The highest BCUT2D eigenvalue weighted by Crippen LogP contribution is 2.15. The van der Waals surface area contributed by atoms with Crippen LogP contribution in [0.5, 0.6) is 0 Å². The lowest BCUT2D eigenvalue weighted by molar-refractivity contribution is 0.900. The van der Waals surface area contributed by atoms with Gasteiger partial charge in [-0.05, 0) is 24.6 Å². The summed E-state index contributed by atoms with van der Waals surface area (Å²) in [5, 5.41) is 5.04. The highest BCUT2D eigenvalue weighted by Gasteiger charge is 2.06. The van der Waals surface area contributed by atoms with E-state index in [1.165, 1.54) is 11.1 Å². The highest BCUT2D eigenvalue weighted by atomic mass is 35.5. The summed E-state index contributed by atoms with van der Waals surface area (Å²) < 4.78 is 1.71. The van der Waals surface area contributed by atoms with Gasteiger partial charge in [-0.15, -0.1) is 0 Å². The molecule has 0 aliphatic carbocycles. The molecule has 2 aromatic heterocycles. The van der Waals surface area contributed by atoms with Gasteiger partial charge in [0.2, 0.25) is 0 Å². The van der Waals surface area contributed by atoms with Crippen LogP contribution in [0.3, 0.4) is 0 Å². The van der Waals surface area contributed by atoms with Crippen molar-refractivity contribution in [3.63, 3.8) is 0 Å². The first-order valence-corrected chi connectivity index (χ1v) is 6.15. The number of aryl methyl sites for hydroxylation is 1.